The maximum Gasteiger partial charge on any atom is 0.408 e. The van der Waals surface area contributed by atoms with Crippen molar-refractivity contribution in [2.75, 3.05) is 19.6 Å². The molecular formula is C19H28N4O5. The number of hydrogen-bond donors (Lipinski definition) is 2. The van der Waals surface area contributed by atoms with Gasteiger partial charge in [0.1, 0.15) is 12.6 Å². The van der Waals surface area contributed by atoms with Crippen LogP contribution in [-0.2, 0) is 16.1 Å². The van der Waals surface area contributed by atoms with Crippen LogP contribution in [0.5, 0.6) is 0 Å². The molecule has 1 aliphatic rings. The molecule has 1 aromatic carbocycles. The molecule has 3 N–H and O–H groups in total. The van der Waals surface area contributed by atoms with Crippen LogP contribution in [0.15, 0.2) is 24.3 Å². The van der Waals surface area contributed by atoms with E-state index in [1.807, 2.05) is 0 Å². The van der Waals surface area contributed by atoms with Gasteiger partial charge in [0, 0.05) is 25.2 Å². The van der Waals surface area contributed by atoms with E-state index in [1.54, 1.807) is 4.90 Å². The van der Waals surface area contributed by atoms with Gasteiger partial charge < -0.3 is 20.7 Å². The van der Waals surface area contributed by atoms with Crippen LogP contribution in [0.4, 0.5) is 10.5 Å². The topological polar surface area (TPSA) is 128 Å². The van der Waals surface area contributed by atoms with Crippen molar-refractivity contribution in [3.05, 3.63) is 39.9 Å². The summed E-state index contributed by atoms with van der Waals surface area (Å²) in [6.07, 6.45) is 4.43. The second-order valence-electron chi connectivity index (χ2n) is 6.87. The van der Waals surface area contributed by atoms with Crippen molar-refractivity contribution in [2.24, 2.45) is 5.73 Å². The molecule has 1 aromatic rings. The Morgan fingerprint density at radius 3 is 2.46 bits per heavy atom. The quantitative estimate of drug-likeness (QED) is 0.377. The maximum absolute atomic E-state index is 12.8. The Morgan fingerprint density at radius 1 is 1.18 bits per heavy atom. The van der Waals surface area contributed by atoms with E-state index in [2.05, 4.69) is 5.32 Å². The zero-order chi connectivity index (χ0) is 20.4. The standard InChI is InChI=1S/C19H28N4O5/c20-11-3-2-6-17(18(24)22-12-4-1-5-13-22)21-19(25)28-14-15-7-9-16(10-8-15)23(26)27/h7-10,17H,1-6,11-14,20H2,(H,21,25)/t17-/m0/s1. The number of carbonyl (C=O) groups excluding carboxylic acids is 2. The molecule has 154 valence electrons. The first kappa shape index (κ1) is 21.6. The summed E-state index contributed by atoms with van der Waals surface area (Å²) in [5.41, 5.74) is 6.13. The highest BCUT2D eigenvalue weighted by Crippen LogP contribution is 2.14. The van der Waals surface area contributed by atoms with E-state index in [4.69, 9.17) is 10.5 Å². The predicted molar refractivity (Wildman–Crippen MR) is 104 cm³/mol. The highest BCUT2D eigenvalue weighted by Gasteiger charge is 2.27. The fraction of sp³-hybridized carbons (Fsp3) is 0.579. The van der Waals surface area contributed by atoms with Crippen LogP contribution < -0.4 is 11.1 Å². The van der Waals surface area contributed by atoms with Gasteiger partial charge in [0.15, 0.2) is 0 Å². The number of piperidine rings is 1. The number of nitrogens with two attached hydrogens (primary N) is 1. The molecule has 2 rings (SSSR count). The van der Waals surface area contributed by atoms with Crippen molar-refractivity contribution in [1.82, 2.24) is 10.2 Å². The number of unbranched alkanes of at least 4 members (excludes halogenated alkanes) is 1. The highest BCUT2D eigenvalue weighted by molar-refractivity contribution is 5.85. The Bertz CT molecular complexity index is 659. The average molecular weight is 392 g/mol. The normalized spacial score (nSPS) is 15.0. The van der Waals surface area contributed by atoms with E-state index in [0.29, 0.717) is 31.6 Å². The number of nitrogens with one attached hydrogen (secondary N) is 1. The van der Waals surface area contributed by atoms with Gasteiger partial charge in [0.05, 0.1) is 4.92 Å². The van der Waals surface area contributed by atoms with Crippen molar-refractivity contribution < 1.29 is 19.2 Å². The van der Waals surface area contributed by atoms with E-state index < -0.39 is 17.1 Å². The fourth-order valence-electron chi connectivity index (χ4n) is 3.13. The summed E-state index contributed by atoms with van der Waals surface area (Å²) >= 11 is 0. The van der Waals surface area contributed by atoms with E-state index in [9.17, 15) is 19.7 Å². The van der Waals surface area contributed by atoms with Gasteiger partial charge in [-0.3, -0.25) is 14.9 Å². The maximum atomic E-state index is 12.8. The Labute approximate surface area is 164 Å². The van der Waals surface area contributed by atoms with E-state index >= 15 is 0 Å². The van der Waals surface area contributed by atoms with Gasteiger partial charge in [-0.05, 0) is 62.8 Å². The van der Waals surface area contributed by atoms with Gasteiger partial charge >= 0.3 is 6.09 Å². The number of amides is 2. The lowest BCUT2D eigenvalue weighted by Crippen LogP contribution is -2.50. The van der Waals surface area contributed by atoms with Crippen LogP contribution in [0.3, 0.4) is 0 Å². The molecule has 1 heterocycles. The van der Waals surface area contributed by atoms with Crippen molar-refractivity contribution in [1.29, 1.82) is 0 Å². The lowest BCUT2D eigenvalue weighted by molar-refractivity contribution is -0.384. The largest absolute Gasteiger partial charge is 0.445 e. The van der Waals surface area contributed by atoms with Crippen LogP contribution in [0.25, 0.3) is 0 Å². The first-order valence-corrected chi connectivity index (χ1v) is 9.66. The van der Waals surface area contributed by atoms with Crippen molar-refractivity contribution >= 4 is 17.7 Å². The lowest BCUT2D eigenvalue weighted by Gasteiger charge is -2.30. The van der Waals surface area contributed by atoms with Gasteiger partial charge in [-0.15, -0.1) is 0 Å². The Hall–Kier alpha value is -2.68. The molecule has 0 aliphatic carbocycles. The summed E-state index contributed by atoms with van der Waals surface area (Å²) in [4.78, 5) is 36.9. The number of non-ortho nitro benzene ring substituents is 1. The number of nitro benzene ring substituents is 1. The summed E-state index contributed by atoms with van der Waals surface area (Å²) in [6.45, 7) is 1.93. The van der Waals surface area contributed by atoms with Crippen LogP contribution >= 0.6 is 0 Å². The summed E-state index contributed by atoms with van der Waals surface area (Å²) in [6, 6.07) is 5.14. The number of nitro groups is 1. The third-order valence-corrected chi connectivity index (χ3v) is 4.72. The van der Waals surface area contributed by atoms with Crippen LogP contribution in [-0.4, -0.2) is 47.5 Å². The number of ether oxygens (including phenoxy) is 1. The molecule has 1 saturated heterocycles. The molecule has 0 aromatic heterocycles. The average Bonchev–Trinajstić information content (AvgIpc) is 2.72. The molecule has 2 amide bonds. The van der Waals surface area contributed by atoms with Gasteiger partial charge in [-0.2, -0.15) is 0 Å². The van der Waals surface area contributed by atoms with Crippen LogP contribution in [0.1, 0.15) is 44.1 Å². The zero-order valence-corrected chi connectivity index (χ0v) is 16.0. The minimum Gasteiger partial charge on any atom is -0.445 e. The molecule has 1 aliphatic heterocycles. The molecule has 0 radical (unpaired) electrons. The lowest BCUT2D eigenvalue weighted by atomic mass is 10.1. The van der Waals surface area contributed by atoms with E-state index in [1.165, 1.54) is 24.3 Å². The zero-order valence-electron chi connectivity index (χ0n) is 16.0. The van der Waals surface area contributed by atoms with Crippen molar-refractivity contribution in [3.8, 4) is 0 Å². The van der Waals surface area contributed by atoms with Crippen LogP contribution in [0.2, 0.25) is 0 Å². The molecular weight excluding hydrogens is 364 g/mol. The van der Waals surface area contributed by atoms with Crippen molar-refractivity contribution in [2.45, 2.75) is 51.2 Å². The van der Waals surface area contributed by atoms with E-state index in [-0.39, 0.29) is 18.2 Å². The minimum atomic E-state index is -0.679. The summed E-state index contributed by atoms with van der Waals surface area (Å²) in [5, 5.41) is 13.3. The first-order chi connectivity index (χ1) is 13.5. The molecule has 9 heteroatoms. The second kappa shape index (κ2) is 11.2. The number of likely N-dealkylation sites (tertiary alicyclic amines) is 1. The molecule has 0 bridgehead atoms. The SMILES string of the molecule is NCCCC[C@H](NC(=O)OCc1ccc([N+](=O)[O-])cc1)C(=O)N1CCCCC1. The van der Waals surface area contributed by atoms with Crippen LogP contribution in [0, 0.1) is 10.1 Å². The third kappa shape index (κ3) is 6.80. The number of benzene rings is 1. The number of hydrogen-bond acceptors (Lipinski definition) is 6. The van der Waals surface area contributed by atoms with Gasteiger partial charge in [0.2, 0.25) is 5.91 Å². The van der Waals surface area contributed by atoms with E-state index in [0.717, 1.165) is 32.1 Å². The summed E-state index contributed by atoms with van der Waals surface area (Å²) in [7, 11) is 0. The molecule has 0 unspecified atom stereocenters. The molecule has 9 nitrogen and oxygen atoms in total. The molecule has 0 spiro atoms. The number of rotatable bonds is 9. The summed E-state index contributed by atoms with van der Waals surface area (Å²) in [5.74, 6) is -0.0796. The fourth-order valence-corrected chi connectivity index (χ4v) is 3.13. The number of nitrogens with zero attached hydrogens (tertiary/aromatic N) is 2. The van der Waals surface area contributed by atoms with Gasteiger partial charge in [0.25, 0.3) is 5.69 Å². The van der Waals surface area contributed by atoms with Crippen molar-refractivity contribution in [3.63, 3.8) is 0 Å². The van der Waals surface area contributed by atoms with Gasteiger partial charge in [-0.25, -0.2) is 4.79 Å². The monoisotopic (exact) mass is 392 g/mol. The summed E-state index contributed by atoms with van der Waals surface area (Å²) < 4.78 is 5.19. The first-order valence-electron chi connectivity index (χ1n) is 9.66. The number of alkyl carbamates (subject to hydrolysis) is 1. The Balaban J connectivity index is 1.88. The molecule has 28 heavy (non-hydrogen) atoms. The number of carbonyl (C=O) groups is 2. The van der Waals surface area contributed by atoms with Gasteiger partial charge in [-0.1, -0.05) is 0 Å². The smallest absolute Gasteiger partial charge is 0.408 e. The minimum absolute atomic E-state index is 0.0275. The highest BCUT2D eigenvalue weighted by atomic mass is 16.6. The Morgan fingerprint density at radius 2 is 1.86 bits per heavy atom. The Kier molecular flexibility index (Phi) is 8.67. The predicted octanol–water partition coefficient (Wildman–Crippen LogP) is 2.33. The molecule has 0 saturated carbocycles. The third-order valence-electron chi connectivity index (χ3n) is 4.72. The second-order valence-corrected chi connectivity index (χ2v) is 6.87. The molecule has 1 fully saturated rings. The molecule has 1 atom stereocenters.